The first-order chi connectivity index (χ1) is 10.8. The lowest BCUT2D eigenvalue weighted by atomic mass is 10.0. The predicted molar refractivity (Wildman–Crippen MR) is 92.4 cm³/mol. The molecule has 0 fully saturated rings. The van der Waals surface area contributed by atoms with Crippen molar-refractivity contribution in [3.8, 4) is 22.6 Å². The van der Waals surface area contributed by atoms with Crippen LogP contribution in [0.4, 0.5) is 0 Å². The van der Waals surface area contributed by atoms with Crippen molar-refractivity contribution < 1.29 is 4.74 Å². The summed E-state index contributed by atoms with van der Waals surface area (Å²) in [6.07, 6.45) is 2.33. The Balaban J connectivity index is 1.73. The van der Waals surface area contributed by atoms with Gasteiger partial charge in [0.05, 0.1) is 0 Å². The van der Waals surface area contributed by atoms with Gasteiger partial charge in [0, 0.05) is 0 Å². The van der Waals surface area contributed by atoms with Crippen LogP contribution in [0.1, 0.15) is 18.9 Å². The molecule has 1 heteroatoms. The molecule has 0 unspecified atom stereocenters. The van der Waals surface area contributed by atoms with Crippen LogP contribution in [0.25, 0.3) is 11.1 Å². The first-order valence-corrected chi connectivity index (χ1v) is 7.77. The number of benzene rings is 3. The average molecular weight is 288 g/mol. The molecule has 0 radical (unpaired) electrons. The van der Waals surface area contributed by atoms with Crippen molar-refractivity contribution in [2.75, 3.05) is 0 Å². The van der Waals surface area contributed by atoms with Crippen molar-refractivity contribution in [3.05, 3.63) is 84.4 Å². The van der Waals surface area contributed by atoms with E-state index in [0.717, 1.165) is 17.9 Å². The highest BCUT2D eigenvalue weighted by atomic mass is 16.5. The summed E-state index contributed by atoms with van der Waals surface area (Å²) in [6.45, 7) is 2.21. The van der Waals surface area contributed by atoms with Gasteiger partial charge in [0.1, 0.15) is 11.5 Å². The van der Waals surface area contributed by atoms with Gasteiger partial charge in [-0.15, -0.1) is 0 Å². The molecule has 0 aliphatic carbocycles. The maximum Gasteiger partial charge on any atom is 0.127 e. The van der Waals surface area contributed by atoms with Gasteiger partial charge in [0.2, 0.25) is 0 Å². The number of ether oxygens (including phenoxy) is 1. The molecule has 0 aromatic heterocycles. The van der Waals surface area contributed by atoms with Crippen molar-refractivity contribution >= 4 is 0 Å². The van der Waals surface area contributed by atoms with Crippen molar-refractivity contribution in [2.45, 2.75) is 19.8 Å². The zero-order valence-electron chi connectivity index (χ0n) is 12.8. The molecule has 0 heterocycles. The summed E-state index contributed by atoms with van der Waals surface area (Å²) in [7, 11) is 0. The highest BCUT2D eigenvalue weighted by Gasteiger charge is 2.00. The number of hydrogen-bond acceptors (Lipinski definition) is 1. The Morgan fingerprint density at radius 2 is 1.18 bits per heavy atom. The summed E-state index contributed by atoms with van der Waals surface area (Å²) in [5, 5.41) is 0. The van der Waals surface area contributed by atoms with E-state index >= 15 is 0 Å². The second kappa shape index (κ2) is 6.95. The van der Waals surface area contributed by atoms with Crippen LogP contribution in [-0.4, -0.2) is 0 Å². The fourth-order valence-corrected chi connectivity index (χ4v) is 2.49. The second-order valence-corrected chi connectivity index (χ2v) is 5.39. The summed E-state index contributed by atoms with van der Waals surface area (Å²) in [5.74, 6) is 1.72. The lowest BCUT2D eigenvalue weighted by Crippen LogP contribution is -1.85. The maximum absolute atomic E-state index is 5.82. The molecule has 0 aliphatic heterocycles. The Kier molecular flexibility index (Phi) is 4.55. The van der Waals surface area contributed by atoms with Gasteiger partial charge in [-0.2, -0.15) is 0 Å². The van der Waals surface area contributed by atoms with Crippen LogP contribution in [0.15, 0.2) is 78.9 Å². The molecule has 0 bridgehead atoms. The molecule has 0 N–H and O–H groups in total. The van der Waals surface area contributed by atoms with Gasteiger partial charge >= 0.3 is 0 Å². The third kappa shape index (κ3) is 3.56. The van der Waals surface area contributed by atoms with Crippen LogP contribution in [-0.2, 0) is 6.42 Å². The molecule has 110 valence electrons. The lowest BCUT2D eigenvalue weighted by Gasteiger charge is -2.07. The number of aryl methyl sites for hydroxylation is 1. The smallest absolute Gasteiger partial charge is 0.127 e. The Labute approximate surface area is 132 Å². The minimum Gasteiger partial charge on any atom is -0.457 e. The molecular formula is C21H20O. The van der Waals surface area contributed by atoms with Crippen LogP contribution in [0, 0.1) is 0 Å². The quantitative estimate of drug-likeness (QED) is 0.551. The molecule has 3 rings (SSSR count). The minimum atomic E-state index is 0.859. The molecule has 0 aliphatic rings. The monoisotopic (exact) mass is 288 g/mol. The number of hydrogen-bond donors (Lipinski definition) is 0. The van der Waals surface area contributed by atoms with E-state index in [1.165, 1.54) is 23.1 Å². The molecular weight excluding hydrogens is 268 g/mol. The summed E-state index contributed by atoms with van der Waals surface area (Å²) in [5.41, 5.74) is 3.85. The van der Waals surface area contributed by atoms with E-state index in [1.807, 2.05) is 42.5 Å². The topological polar surface area (TPSA) is 9.23 Å². The molecule has 0 saturated heterocycles. The van der Waals surface area contributed by atoms with Gasteiger partial charge in [-0.1, -0.05) is 67.9 Å². The summed E-state index contributed by atoms with van der Waals surface area (Å²) in [4.78, 5) is 0. The molecule has 0 atom stereocenters. The van der Waals surface area contributed by atoms with E-state index < -0.39 is 0 Å². The van der Waals surface area contributed by atoms with Crippen LogP contribution in [0.5, 0.6) is 11.5 Å². The van der Waals surface area contributed by atoms with Crippen LogP contribution < -0.4 is 4.74 Å². The molecule has 0 amide bonds. The molecule has 3 aromatic carbocycles. The van der Waals surface area contributed by atoms with Crippen molar-refractivity contribution in [3.63, 3.8) is 0 Å². The third-order valence-electron chi connectivity index (χ3n) is 3.66. The van der Waals surface area contributed by atoms with Gasteiger partial charge in [0.15, 0.2) is 0 Å². The van der Waals surface area contributed by atoms with Crippen molar-refractivity contribution in [1.29, 1.82) is 0 Å². The predicted octanol–water partition coefficient (Wildman–Crippen LogP) is 6.10. The SMILES string of the molecule is CCCc1ccc(-c2ccc(Oc3ccccc3)cc2)cc1. The number of para-hydroxylation sites is 1. The van der Waals surface area contributed by atoms with Crippen molar-refractivity contribution in [1.82, 2.24) is 0 Å². The zero-order chi connectivity index (χ0) is 15.2. The van der Waals surface area contributed by atoms with E-state index in [-0.39, 0.29) is 0 Å². The van der Waals surface area contributed by atoms with E-state index in [9.17, 15) is 0 Å². The van der Waals surface area contributed by atoms with Gasteiger partial charge in [-0.3, -0.25) is 0 Å². The zero-order valence-corrected chi connectivity index (χ0v) is 12.8. The summed E-state index contributed by atoms with van der Waals surface area (Å²) in [6, 6.07) is 26.9. The minimum absolute atomic E-state index is 0.859. The Hall–Kier alpha value is -2.54. The third-order valence-corrected chi connectivity index (χ3v) is 3.66. The Morgan fingerprint density at radius 1 is 0.636 bits per heavy atom. The van der Waals surface area contributed by atoms with E-state index in [1.54, 1.807) is 0 Å². The second-order valence-electron chi connectivity index (χ2n) is 5.39. The average Bonchev–Trinajstić information content (AvgIpc) is 2.58. The summed E-state index contributed by atoms with van der Waals surface area (Å²) < 4.78 is 5.82. The fourth-order valence-electron chi connectivity index (χ4n) is 2.49. The van der Waals surface area contributed by atoms with Gasteiger partial charge in [-0.05, 0) is 47.4 Å². The first-order valence-electron chi connectivity index (χ1n) is 7.77. The molecule has 1 nitrogen and oxygen atoms in total. The van der Waals surface area contributed by atoms with E-state index in [0.29, 0.717) is 0 Å². The van der Waals surface area contributed by atoms with Gasteiger partial charge < -0.3 is 4.74 Å². The highest BCUT2D eigenvalue weighted by molar-refractivity contribution is 5.64. The van der Waals surface area contributed by atoms with Crippen molar-refractivity contribution in [2.24, 2.45) is 0 Å². The van der Waals surface area contributed by atoms with Gasteiger partial charge in [0.25, 0.3) is 0 Å². The Morgan fingerprint density at radius 3 is 1.77 bits per heavy atom. The summed E-state index contributed by atoms with van der Waals surface area (Å²) >= 11 is 0. The van der Waals surface area contributed by atoms with E-state index in [2.05, 4.69) is 43.3 Å². The highest BCUT2D eigenvalue weighted by Crippen LogP contribution is 2.26. The standard InChI is InChI=1S/C21H20O/c1-2-6-17-9-11-18(12-10-17)19-13-15-21(16-14-19)22-20-7-4-3-5-8-20/h3-5,7-16H,2,6H2,1H3. The maximum atomic E-state index is 5.82. The molecule has 0 saturated carbocycles. The number of rotatable bonds is 5. The lowest BCUT2D eigenvalue weighted by molar-refractivity contribution is 0.483. The van der Waals surface area contributed by atoms with Gasteiger partial charge in [-0.25, -0.2) is 0 Å². The molecule has 0 spiro atoms. The first kappa shape index (κ1) is 14.4. The normalized spacial score (nSPS) is 10.4. The molecule has 22 heavy (non-hydrogen) atoms. The van der Waals surface area contributed by atoms with Crippen LogP contribution in [0.2, 0.25) is 0 Å². The van der Waals surface area contributed by atoms with E-state index in [4.69, 9.17) is 4.74 Å². The Bertz CT molecular complexity index is 697. The molecule has 3 aromatic rings. The van der Waals surface area contributed by atoms with Crippen LogP contribution in [0.3, 0.4) is 0 Å². The largest absolute Gasteiger partial charge is 0.457 e. The van der Waals surface area contributed by atoms with Crippen LogP contribution >= 0.6 is 0 Å². The fraction of sp³-hybridized carbons (Fsp3) is 0.143.